The van der Waals surface area contributed by atoms with Gasteiger partial charge >= 0.3 is 0 Å². The van der Waals surface area contributed by atoms with Crippen LogP contribution in [0.15, 0.2) is 0 Å². The number of hydrogen-bond donors (Lipinski definition) is 0. The molecule has 0 aromatic carbocycles. The number of carbonyl (C=O) groups excluding carboxylic acids is 1. The van der Waals surface area contributed by atoms with Gasteiger partial charge in [0.1, 0.15) is 5.78 Å². The van der Waals surface area contributed by atoms with Crippen LogP contribution >= 0.6 is 21.6 Å². The molecule has 14 heavy (non-hydrogen) atoms. The Morgan fingerprint density at radius 3 is 2.07 bits per heavy atom. The highest BCUT2D eigenvalue weighted by atomic mass is 33.1. The van der Waals surface area contributed by atoms with Crippen molar-refractivity contribution in [2.24, 2.45) is 5.92 Å². The Balaban J connectivity index is 3.53. The van der Waals surface area contributed by atoms with E-state index >= 15 is 0 Å². The van der Waals surface area contributed by atoms with Crippen molar-refractivity contribution in [2.75, 3.05) is 0 Å². The maximum atomic E-state index is 11.4. The van der Waals surface area contributed by atoms with Gasteiger partial charge in [0.2, 0.25) is 0 Å². The minimum atomic E-state index is 0.199. The molecule has 1 nitrogen and oxygen atoms in total. The first-order chi connectivity index (χ1) is 6.43. The van der Waals surface area contributed by atoms with Crippen LogP contribution in [0.3, 0.4) is 0 Å². The summed E-state index contributed by atoms with van der Waals surface area (Å²) in [5.74, 6) is 0.594. The van der Waals surface area contributed by atoms with Crippen molar-refractivity contribution in [1.29, 1.82) is 0 Å². The second-order valence-corrected chi connectivity index (χ2v) is 7.50. The van der Waals surface area contributed by atoms with E-state index in [9.17, 15) is 4.79 Å². The second kappa shape index (κ2) is 7.63. The summed E-state index contributed by atoms with van der Waals surface area (Å²) in [6.07, 6.45) is 1.76. The molecule has 0 spiro atoms. The molecule has 0 radical (unpaired) electrons. The Bertz CT molecular complexity index is 167. The van der Waals surface area contributed by atoms with E-state index in [0.29, 0.717) is 16.3 Å². The third-order valence-corrected chi connectivity index (χ3v) is 5.39. The summed E-state index contributed by atoms with van der Waals surface area (Å²) in [4.78, 5) is 11.4. The van der Waals surface area contributed by atoms with Gasteiger partial charge in [0.25, 0.3) is 0 Å². The molecule has 0 heterocycles. The Morgan fingerprint density at radius 1 is 1.07 bits per heavy atom. The van der Waals surface area contributed by atoms with E-state index in [1.54, 1.807) is 0 Å². The van der Waals surface area contributed by atoms with Gasteiger partial charge in [-0.2, -0.15) is 0 Å². The smallest absolute Gasteiger partial charge is 0.135 e. The highest BCUT2D eigenvalue weighted by Crippen LogP contribution is 2.32. The molecule has 1 unspecified atom stereocenters. The van der Waals surface area contributed by atoms with E-state index in [4.69, 9.17) is 0 Å². The quantitative estimate of drug-likeness (QED) is 0.615. The van der Waals surface area contributed by atoms with Crippen LogP contribution in [-0.2, 0) is 4.79 Å². The molecule has 0 amide bonds. The molecular formula is C11H22OS2. The van der Waals surface area contributed by atoms with Gasteiger partial charge in [0, 0.05) is 22.8 Å². The highest BCUT2D eigenvalue weighted by molar-refractivity contribution is 8.77. The Kier molecular flexibility index (Phi) is 7.84. The predicted octanol–water partition coefficient (Wildman–Crippen LogP) is 4.17. The lowest BCUT2D eigenvalue weighted by molar-refractivity contribution is -0.121. The predicted molar refractivity (Wildman–Crippen MR) is 68.9 cm³/mol. The molecule has 0 aliphatic carbocycles. The summed E-state index contributed by atoms with van der Waals surface area (Å²) in [6.45, 7) is 10.5. The average molecular weight is 234 g/mol. The van der Waals surface area contributed by atoms with Crippen LogP contribution in [0.2, 0.25) is 0 Å². The molecule has 0 saturated carbocycles. The standard InChI is InChI=1S/C11H22OS2/c1-8(2)11(12)7-6-10(5)14-13-9(3)4/h8-10H,6-7H2,1-5H3. The van der Waals surface area contributed by atoms with Gasteiger partial charge in [-0.1, -0.05) is 56.2 Å². The van der Waals surface area contributed by atoms with Crippen molar-refractivity contribution < 1.29 is 4.79 Å². The molecular weight excluding hydrogens is 212 g/mol. The zero-order chi connectivity index (χ0) is 11.1. The monoisotopic (exact) mass is 234 g/mol. The van der Waals surface area contributed by atoms with Crippen molar-refractivity contribution >= 4 is 27.4 Å². The van der Waals surface area contributed by atoms with Gasteiger partial charge in [-0.15, -0.1) is 0 Å². The first-order valence-corrected chi connectivity index (χ1v) is 7.56. The zero-order valence-electron chi connectivity index (χ0n) is 9.87. The van der Waals surface area contributed by atoms with Crippen molar-refractivity contribution in [3.05, 3.63) is 0 Å². The van der Waals surface area contributed by atoms with E-state index < -0.39 is 0 Å². The van der Waals surface area contributed by atoms with E-state index in [2.05, 4.69) is 20.8 Å². The summed E-state index contributed by atoms with van der Waals surface area (Å²) in [5, 5.41) is 1.26. The Labute approximate surface area is 96.2 Å². The number of carbonyl (C=O) groups is 1. The summed E-state index contributed by atoms with van der Waals surface area (Å²) in [5.41, 5.74) is 0. The van der Waals surface area contributed by atoms with E-state index in [1.165, 1.54) is 0 Å². The van der Waals surface area contributed by atoms with Crippen LogP contribution in [-0.4, -0.2) is 16.3 Å². The van der Waals surface area contributed by atoms with Gasteiger partial charge in [-0.05, 0) is 6.42 Å². The van der Waals surface area contributed by atoms with Gasteiger partial charge in [-0.25, -0.2) is 0 Å². The maximum absolute atomic E-state index is 11.4. The highest BCUT2D eigenvalue weighted by Gasteiger charge is 2.10. The number of hydrogen-bond acceptors (Lipinski definition) is 3. The van der Waals surface area contributed by atoms with Gasteiger partial charge in [0.15, 0.2) is 0 Å². The van der Waals surface area contributed by atoms with Crippen molar-refractivity contribution in [1.82, 2.24) is 0 Å². The fourth-order valence-electron chi connectivity index (χ4n) is 0.888. The summed E-state index contributed by atoms with van der Waals surface area (Å²) < 4.78 is 0. The number of Topliss-reactive ketones (excluding diaryl/α,β-unsaturated/α-hetero) is 1. The fraction of sp³-hybridized carbons (Fsp3) is 0.909. The molecule has 1 atom stereocenters. The first-order valence-electron chi connectivity index (χ1n) is 5.28. The first kappa shape index (κ1) is 14.4. The lowest BCUT2D eigenvalue weighted by Crippen LogP contribution is -2.09. The number of ketones is 1. The Morgan fingerprint density at radius 2 is 1.64 bits per heavy atom. The van der Waals surface area contributed by atoms with Crippen molar-refractivity contribution in [3.63, 3.8) is 0 Å². The van der Waals surface area contributed by atoms with E-state index in [-0.39, 0.29) is 5.92 Å². The van der Waals surface area contributed by atoms with Crippen LogP contribution in [0.4, 0.5) is 0 Å². The number of rotatable bonds is 7. The maximum Gasteiger partial charge on any atom is 0.135 e. The third kappa shape index (κ3) is 7.74. The molecule has 0 aliphatic rings. The van der Waals surface area contributed by atoms with Crippen LogP contribution in [0.1, 0.15) is 47.5 Å². The summed E-state index contributed by atoms with van der Waals surface area (Å²) in [7, 11) is 3.81. The molecule has 3 heteroatoms. The molecule has 0 aromatic rings. The van der Waals surface area contributed by atoms with Crippen LogP contribution < -0.4 is 0 Å². The molecule has 0 fully saturated rings. The summed E-state index contributed by atoms with van der Waals surface area (Å²) >= 11 is 0. The van der Waals surface area contributed by atoms with Crippen LogP contribution in [0.25, 0.3) is 0 Å². The van der Waals surface area contributed by atoms with Gasteiger partial charge < -0.3 is 0 Å². The molecule has 0 N–H and O–H groups in total. The van der Waals surface area contributed by atoms with E-state index in [1.807, 2.05) is 35.4 Å². The van der Waals surface area contributed by atoms with Crippen molar-refractivity contribution in [3.8, 4) is 0 Å². The zero-order valence-corrected chi connectivity index (χ0v) is 11.5. The molecule has 0 aliphatic heterocycles. The largest absolute Gasteiger partial charge is 0.299 e. The minimum Gasteiger partial charge on any atom is -0.299 e. The van der Waals surface area contributed by atoms with Crippen LogP contribution in [0, 0.1) is 5.92 Å². The van der Waals surface area contributed by atoms with Gasteiger partial charge in [0.05, 0.1) is 0 Å². The molecule has 0 rings (SSSR count). The molecule has 0 saturated heterocycles. The topological polar surface area (TPSA) is 17.1 Å². The Hall–Kier alpha value is 0.370. The third-order valence-electron chi connectivity index (χ3n) is 1.85. The average Bonchev–Trinajstić information content (AvgIpc) is 2.10. The van der Waals surface area contributed by atoms with E-state index in [0.717, 1.165) is 12.8 Å². The molecule has 0 bridgehead atoms. The normalized spacial score (nSPS) is 13.6. The molecule has 84 valence electrons. The second-order valence-electron chi connectivity index (χ2n) is 4.21. The SMILES string of the molecule is CC(C)SSC(C)CCC(=O)C(C)C. The van der Waals surface area contributed by atoms with Gasteiger partial charge in [-0.3, -0.25) is 4.79 Å². The molecule has 0 aromatic heterocycles. The summed E-state index contributed by atoms with van der Waals surface area (Å²) in [6, 6.07) is 0. The fourth-order valence-corrected chi connectivity index (χ4v) is 3.04. The lowest BCUT2D eigenvalue weighted by atomic mass is 10.0. The van der Waals surface area contributed by atoms with Crippen LogP contribution in [0.5, 0.6) is 0 Å². The lowest BCUT2D eigenvalue weighted by Gasteiger charge is -2.12. The minimum absolute atomic E-state index is 0.199. The van der Waals surface area contributed by atoms with Crippen molar-refractivity contribution in [2.45, 2.75) is 58.0 Å².